The number of rotatable bonds is 4. The van der Waals surface area contributed by atoms with Gasteiger partial charge in [0.05, 0.1) is 7.11 Å². The predicted octanol–water partition coefficient (Wildman–Crippen LogP) is 5.38. The van der Waals surface area contributed by atoms with Gasteiger partial charge in [-0.05, 0) is 61.4 Å². The first-order chi connectivity index (χ1) is 12.3. The minimum Gasteiger partial charge on any atom is -0.497 e. The quantitative estimate of drug-likeness (QED) is 0.744. The summed E-state index contributed by atoms with van der Waals surface area (Å²) in [5, 5.41) is 0. The first kappa shape index (κ1) is 16.7. The molecule has 0 spiro atoms. The molecule has 0 bridgehead atoms. The van der Waals surface area contributed by atoms with Gasteiger partial charge in [-0.25, -0.2) is 0 Å². The molecule has 0 radical (unpaired) electrons. The normalized spacial score (nSPS) is 26.8. The maximum absolute atomic E-state index is 5.56. The minimum absolute atomic E-state index is 0.181. The van der Waals surface area contributed by atoms with Crippen molar-refractivity contribution in [2.75, 3.05) is 13.7 Å². The van der Waals surface area contributed by atoms with E-state index in [2.05, 4.69) is 59.5 Å². The van der Waals surface area contributed by atoms with E-state index >= 15 is 0 Å². The van der Waals surface area contributed by atoms with Crippen LogP contribution in [-0.4, -0.2) is 18.6 Å². The Labute approximate surface area is 151 Å². The Kier molecular flexibility index (Phi) is 4.80. The van der Waals surface area contributed by atoms with Gasteiger partial charge in [0.25, 0.3) is 0 Å². The lowest BCUT2D eigenvalue weighted by Gasteiger charge is -2.55. The summed E-state index contributed by atoms with van der Waals surface area (Å²) in [4.78, 5) is 2.78. The zero-order chi connectivity index (χ0) is 17.1. The van der Waals surface area contributed by atoms with Crippen LogP contribution in [0, 0.1) is 5.92 Å². The number of methoxy groups -OCH3 is 1. The number of hydrogen-bond acceptors (Lipinski definition) is 2. The molecule has 4 rings (SSSR count). The molecule has 132 valence electrons. The fourth-order valence-corrected chi connectivity index (χ4v) is 5.23. The van der Waals surface area contributed by atoms with Crippen LogP contribution < -0.4 is 4.74 Å². The molecule has 2 aromatic rings. The lowest BCUT2D eigenvalue weighted by molar-refractivity contribution is -0.0456. The molecule has 2 heteroatoms. The van der Waals surface area contributed by atoms with E-state index in [1.165, 1.54) is 56.2 Å². The molecule has 0 N–H and O–H groups in total. The van der Waals surface area contributed by atoms with Crippen molar-refractivity contribution in [2.24, 2.45) is 5.92 Å². The Balaban J connectivity index is 1.75. The number of fused-ring (bicyclic) bond motifs is 1. The van der Waals surface area contributed by atoms with Crippen LogP contribution in [0.2, 0.25) is 0 Å². The predicted molar refractivity (Wildman–Crippen MR) is 103 cm³/mol. The van der Waals surface area contributed by atoms with Crippen LogP contribution in [0.5, 0.6) is 5.75 Å². The number of piperidine rings is 1. The van der Waals surface area contributed by atoms with E-state index in [1.807, 2.05) is 0 Å². The summed E-state index contributed by atoms with van der Waals surface area (Å²) in [7, 11) is 1.78. The van der Waals surface area contributed by atoms with Crippen molar-refractivity contribution in [3.63, 3.8) is 0 Å². The first-order valence-corrected chi connectivity index (χ1v) is 9.76. The largest absolute Gasteiger partial charge is 0.497 e. The maximum atomic E-state index is 5.56. The lowest BCUT2D eigenvalue weighted by atomic mass is 9.64. The van der Waals surface area contributed by atoms with Gasteiger partial charge in [-0.2, -0.15) is 0 Å². The van der Waals surface area contributed by atoms with Gasteiger partial charge in [0.1, 0.15) is 5.75 Å². The topological polar surface area (TPSA) is 12.5 Å². The zero-order valence-electron chi connectivity index (χ0n) is 15.3. The van der Waals surface area contributed by atoms with Crippen LogP contribution in [0.25, 0.3) is 0 Å². The Bertz CT molecular complexity index is 696. The summed E-state index contributed by atoms with van der Waals surface area (Å²) in [5.41, 5.74) is 3.07. The van der Waals surface area contributed by atoms with Gasteiger partial charge >= 0.3 is 0 Å². The van der Waals surface area contributed by atoms with Crippen LogP contribution in [-0.2, 0) is 12.1 Å². The van der Waals surface area contributed by atoms with E-state index in [4.69, 9.17) is 4.74 Å². The van der Waals surface area contributed by atoms with Crippen molar-refractivity contribution < 1.29 is 4.74 Å². The highest BCUT2D eigenvalue weighted by Crippen LogP contribution is 2.51. The molecule has 2 aliphatic rings. The molecule has 0 unspecified atom stereocenters. The molecule has 1 aliphatic carbocycles. The molecular weight excluding hydrogens is 306 g/mol. The number of ether oxygens (including phenoxy) is 1. The van der Waals surface area contributed by atoms with E-state index in [0.717, 1.165) is 18.2 Å². The highest BCUT2D eigenvalue weighted by atomic mass is 16.5. The standard InChI is InChI=1S/C23H29NO/c1-25-22-14-7-12-21(17-22)23-15-6-5-11-20(23)13-8-16-24(23)18-19-9-3-2-4-10-19/h2-4,7,9-10,12,14,17,20H,5-6,8,11,13,15-16,18H2,1H3/t20-,23-/m0/s1. The molecule has 1 heterocycles. The van der Waals surface area contributed by atoms with Crippen molar-refractivity contribution in [1.29, 1.82) is 0 Å². The van der Waals surface area contributed by atoms with Crippen molar-refractivity contribution >= 4 is 0 Å². The summed E-state index contributed by atoms with van der Waals surface area (Å²) in [5.74, 6) is 1.76. The summed E-state index contributed by atoms with van der Waals surface area (Å²) >= 11 is 0. The fraction of sp³-hybridized carbons (Fsp3) is 0.478. The zero-order valence-corrected chi connectivity index (χ0v) is 15.3. The lowest BCUT2D eigenvalue weighted by Crippen LogP contribution is -2.55. The van der Waals surface area contributed by atoms with Crippen LogP contribution in [0.4, 0.5) is 0 Å². The monoisotopic (exact) mass is 335 g/mol. The molecule has 25 heavy (non-hydrogen) atoms. The molecule has 2 nitrogen and oxygen atoms in total. The third-order valence-electron chi connectivity index (χ3n) is 6.37. The molecule has 1 saturated carbocycles. The number of nitrogens with zero attached hydrogens (tertiary/aromatic N) is 1. The van der Waals surface area contributed by atoms with E-state index in [0.29, 0.717) is 0 Å². The molecule has 2 aromatic carbocycles. The molecule has 1 aliphatic heterocycles. The average molecular weight is 335 g/mol. The van der Waals surface area contributed by atoms with Gasteiger partial charge in [-0.3, -0.25) is 4.90 Å². The van der Waals surface area contributed by atoms with Crippen molar-refractivity contribution in [2.45, 2.75) is 50.6 Å². The second kappa shape index (κ2) is 7.21. The van der Waals surface area contributed by atoms with Crippen molar-refractivity contribution in [1.82, 2.24) is 4.90 Å². The van der Waals surface area contributed by atoms with Gasteiger partial charge in [0.15, 0.2) is 0 Å². The first-order valence-electron chi connectivity index (χ1n) is 9.76. The highest BCUT2D eigenvalue weighted by molar-refractivity contribution is 5.35. The Morgan fingerprint density at radius 2 is 1.84 bits per heavy atom. The smallest absolute Gasteiger partial charge is 0.119 e. The Hall–Kier alpha value is -1.80. The molecule has 2 fully saturated rings. The van der Waals surface area contributed by atoms with Crippen molar-refractivity contribution in [3.8, 4) is 5.75 Å². The molecular formula is C23H29NO. The van der Waals surface area contributed by atoms with Crippen molar-refractivity contribution in [3.05, 3.63) is 65.7 Å². The summed E-state index contributed by atoms with van der Waals surface area (Å²) in [6.45, 7) is 2.25. The SMILES string of the molecule is COc1cccc([C@]23CCCC[C@H]2CCCN3Cc2ccccc2)c1. The Morgan fingerprint density at radius 1 is 1.00 bits per heavy atom. The molecule has 0 aromatic heterocycles. The minimum atomic E-state index is 0.181. The molecule has 2 atom stereocenters. The van der Waals surface area contributed by atoms with Crippen LogP contribution in [0.3, 0.4) is 0 Å². The summed E-state index contributed by atoms with van der Waals surface area (Å²) in [6, 6.07) is 19.8. The summed E-state index contributed by atoms with van der Waals surface area (Å²) in [6.07, 6.45) is 8.04. The van der Waals surface area contributed by atoms with Crippen LogP contribution >= 0.6 is 0 Å². The molecule has 1 saturated heterocycles. The Morgan fingerprint density at radius 3 is 2.68 bits per heavy atom. The summed E-state index contributed by atoms with van der Waals surface area (Å²) < 4.78 is 5.56. The third kappa shape index (κ3) is 3.08. The second-order valence-corrected chi connectivity index (χ2v) is 7.65. The van der Waals surface area contributed by atoms with E-state index in [-0.39, 0.29) is 5.54 Å². The third-order valence-corrected chi connectivity index (χ3v) is 6.37. The number of hydrogen-bond donors (Lipinski definition) is 0. The highest BCUT2D eigenvalue weighted by Gasteiger charge is 2.48. The number of likely N-dealkylation sites (tertiary alicyclic amines) is 1. The van der Waals surface area contributed by atoms with Gasteiger partial charge in [-0.15, -0.1) is 0 Å². The van der Waals surface area contributed by atoms with E-state index < -0.39 is 0 Å². The van der Waals surface area contributed by atoms with Crippen LogP contribution in [0.15, 0.2) is 54.6 Å². The van der Waals surface area contributed by atoms with Gasteiger partial charge in [-0.1, -0.05) is 55.3 Å². The fourth-order valence-electron chi connectivity index (χ4n) is 5.23. The number of benzene rings is 2. The van der Waals surface area contributed by atoms with Gasteiger partial charge in [0.2, 0.25) is 0 Å². The van der Waals surface area contributed by atoms with E-state index in [1.54, 1.807) is 7.11 Å². The van der Waals surface area contributed by atoms with E-state index in [9.17, 15) is 0 Å². The second-order valence-electron chi connectivity index (χ2n) is 7.65. The van der Waals surface area contributed by atoms with Crippen LogP contribution in [0.1, 0.15) is 49.7 Å². The van der Waals surface area contributed by atoms with Gasteiger partial charge < -0.3 is 4.74 Å². The maximum Gasteiger partial charge on any atom is 0.119 e. The molecule has 0 amide bonds. The van der Waals surface area contributed by atoms with Gasteiger partial charge in [0, 0.05) is 12.1 Å². The average Bonchev–Trinajstić information content (AvgIpc) is 2.69.